The van der Waals surface area contributed by atoms with Crippen LogP contribution in [-0.4, -0.2) is 45.5 Å². The van der Waals surface area contributed by atoms with Crippen LogP contribution in [0.3, 0.4) is 0 Å². The van der Waals surface area contributed by atoms with Gasteiger partial charge < -0.3 is 9.47 Å². The Morgan fingerprint density at radius 2 is 1.76 bits per heavy atom. The van der Waals surface area contributed by atoms with E-state index in [-0.39, 0.29) is 0 Å². The highest BCUT2D eigenvalue weighted by Gasteiger charge is 2.29. The number of carbonyl (C=O) groups is 1. The molecule has 1 atom stereocenters. The molecule has 0 bridgehead atoms. The highest BCUT2D eigenvalue weighted by atomic mass is 32.2. The second kappa shape index (κ2) is 8.52. The van der Waals surface area contributed by atoms with Gasteiger partial charge in [-0.1, -0.05) is 18.2 Å². The molecule has 29 heavy (non-hydrogen) atoms. The maximum atomic E-state index is 12.6. The molecule has 0 aliphatic carbocycles. The van der Waals surface area contributed by atoms with Crippen LogP contribution in [0.25, 0.3) is 0 Å². The van der Waals surface area contributed by atoms with Gasteiger partial charge in [0.1, 0.15) is 19.3 Å². The normalized spacial score (nSPS) is 14.8. The summed E-state index contributed by atoms with van der Waals surface area (Å²) in [5.41, 5.74) is 4.17. The smallest absolute Gasteiger partial charge is 0.263 e. The fourth-order valence-corrected chi connectivity index (χ4v) is 4.12. The molecule has 0 saturated carbocycles. The molecule has 0 spiro atoms. The summed E-state index contributed by atoms with van der Waals surface area (Å²) < 4.78 is 36.6. The maximum absolute atomic E-state index is 12.6. The minimum Gasteiger partial charge on any atom is -0.486 e. The summed E-state index contributed by atoms with van der Waals surface area (Å²) in [6, 6.07) is 12.9. The monoisotopic (exact) mass is 417 g/mol. The number of nitrogens with zero attached hydrogens (tertiary/aromatic N) is 2. The second-order valence-corrected chi connectivity index (χ2v) is 8.46. The molecule has 2 aromatic rings. The number of sulfonamides is 1. The highest BCUT2D eigenvalue weighted by molar-refractivity contribution is 7.92. The maximum Gasteiger partial charge on any atom is 0.263 e. The first-order chi connectivity index (χ1) is 13.8. The summed E-state index contributed by atoms with van der Waals surface area (Å²) in [6.07, 6.45) is 1.06. The number of hydrogen-bond acceptors (Lipinski definition) is 6. The zero-order valence-corrected chi connectivity index (χ0v) is 17.3. The van der Waals surface area contributed by atoms with Crippen molar-refractivity contribution in [2.75, 3.05) is 23.8 Å². The van der Waals surface area contributed by atoms with E-state index in [2.05, 4.69) is 10.5 Å². The van der Waals surface area contributed by atoms with Crippen molar-refractivity contribution in [3.8, 4) is 11.5 Å². The van der Waals surface area contributed by atoms with Crippen LogP contribution in [0.15, 0.2) is 53.6 Å². The molecule has 1 N–H and O–H groups in total. The van der Waals surface area contributed by atoms with Crippen molar-refractivity contribution in [3.63, 3.8) is 0 Å². The molecule has 0 radical (unpaired) electrons. The molecule has 1 heterocycles. The molecule has 3 rings (SSSR count). The SMILES string of the molecule is C/C(=N/NC(=O)[C@@H](C)N(c1ccccc1)S(C)(=O)=O)c1ccc2c(c1)OCCO2. The van der Waals surface area contributed by atoms with Gasteiger partial charge in [0.2, 0.25) is 10.0 Å². The van der Waals surface area contributed by atoms with Crippen LogP contribution in [0, 0.1) is 0 Å². The number of para-hydroxylation sites is 1. The van der Waals surface area contributed by atoms with Crippen LogP contribution in [0.4, 0.5) is 5.69 Å². The summed E-state index contributed by atoms with van der Waals surface area (Å²) in [7, 11) is -3.67. The van der Waals surface area contributed by atoms with Gasteiger partial charge in [0.15, 0.2) is 11.5 Å². The van der Waals surface area contributed by atoms with Crippen molar-refractivity contribution < 1.29 is 22.7 Å². The van der Waals surface area contributed by atoms with Crippen LogP contribution in [0.5, 0.6) is 11.5 Å². The first-order valence-electron chi connectivity index (χ1n) is 9.06. The molecule has 0 aromatic heterocycles. The lowest BCUT2D eigenvalue weighted by Crippen LogP contribution is -2.46. The van der Waals surface area contributed by atoms with E-state index >= 15 is 0 Å². The number of hydrazone groups is 1. The molecule has 1 amide bonds. The summed E-state index contributed by atoms with van der Waals surface area (Å²) in [5.74, 6) is 0.739. The average Bonchev–Trinajstić information content (AvgIpc) is 2.71. The zero-order chi connectivity index (χ0) is 21.0. The first-order valence-corrected chi connectivity index (χ1v) is 10.9. The Morgan fingerprint density at radius 3 is 2.41 bits per heavy atom. The van der Waals surface area contributed by atoms with Crippen LogP contribution >= 0.6 is 0 Å². The fraction of sp³-hybridized carbons (Fsp3) is 0.300. The molecule has 1 aliphatic rings. The molecule has 8 nitrogen and oxygen atoms in total. The molecule has 154 valence electrons. The standard InChI is InChI=1S/C20H23N3O5S/c1-14(16-9-10-18-19(13-16)28-12-11-27-18)21-22-20(24)15(2)23(29(3,25)26)17-7-5-4-6-8-17/h4-10,13,15H,11-12H2,1-3H3,(H,22,24)/b21-14-/t15-/m1/s1. The summed E-state index contributed by atoms with van der Waals surface area (Å²) in [6.45, 7) is 4.23. The molecule has 0 saturated heterocycles. The number of fused-ring (bicyclic) bond motifs is 1. The molecule has 2 aromatic carbocycles. The fourth-order valence-electron chi connectivity index (χ4n) is 2.95. The molecular formula is C20H23N3O5S. The van der Waals surface area contributed by atoms with Gasteiger partial charge in [0, 0.05) is 5.56 Å². The van der Waals surface area contributed by atoms with Crippen molar-refractivity contribution >= 4 is 27.3 Å². The molecule has 1 aliphatic heterocycles. The Hall–Kier alpha value is -3.07. The number of amides is 1. The number of hydrogen-bond donors (Lipinski definition) is 1. The van der Waals surface area contributed by atoms with Crippen molar-refractivity contribution in [2.45, 2.75) is 19.9 Å². The molecule has 9 heteroatoms. The van der Waals surface area contributed by atoms with Crippen LogP contribution in [0.1, 0.15) is 19.4 Å². The summed E-state index contributed by atoms with van der Waals surface area (Å²) in [5, 5.41) is 4.12. The molecular weight excluding hydrogens is 394 g/mol. The van der Waals surface area contributed by atoms with Gasteiger partial charge >= 0.3 is 0 Å². The van der Waals surface area contributed by atoms with Crippen LogP contribution in [0.2, 0.25) is 0 Å². The van der Waals surface area contributed by atoms with E-state index in [1.54, 1.807) is 49.4 Å². The Morgan fingerprint density at radius 1 is 1.10 bits per heavy atom. The van der Waals surface area contributed by atoms with Gasteiger partial charge in [0.05, 0.1) is 17.7 Å². The van der Waals surface area contributed by atoms with Gasteiger partial charge in [0.25, 0.3) is 5.91 Å². The Kier molecular flexibility index (Phi) is 6.07. The summed E-state index contributed by atoms with van der Waals surface area (Å²) >= 11 is 0. The minimum absolute atomic E-state index is 0.408. The van der Waals surface area contributed by atoms with Crippen LogP contribution < -0.4 is 19.2 Å². The third-order valence-electron chi connectivity index (χ3n) is 4.39. The molecule has 0 fully saturated rings. The third kappa shape index (κ3) is 4.86. The van der Waals surface area contributed by atoms with Crippen molar-refractivity contribution in [3.05, 3.63) is 54.1 Å². The first kappa shape index (κ1) is 20.7. The number of benzene rings is 2. The third-order valence-corrected chi connectivity index (χ3v) is 5.63. The van der Waals surface area contributed by atoms with Gasteiger partial charge in [-0.3, -0.25) is 9.10 Å². The number of nitrogens with one attached hydrogen (secondary N) is 1. The van der Waals surface area contributed by atoms with E-state index in [0.717, 1.165) is 16.1 Å². The average molecular weight is 417 g/mol. The van der Waals surface area contributed by atoms with Gasteiger partial charge in [-0.15, -0.1) is 0 Å². The quantitative estimate of drug-likeness (QED) is 0.574. The van der Waals surface area contributed by atoms with E-state index in [4.69, 9.17) is 9.47 Å². The van der Waals surface area contributed by atoms with Gasteiger partial charge in [-0.2, -0.15) is 5.10 Å². The number of ether oxygens (including phenoxy) is 2. The van der Waals surface area contributed by atoms with Crippen molar-refractivity contribution in [2.24, 2.45) is 5.10 Å². The van der Waals surface area contributed by atoms with E-state index < -0.39 is 22.0 Å². The number of rotatable bonds is 6. The lowest BCUT2D eigenvalue weighted by atomic mass is 10.1. The van der Waals surface area contributed by atoms with E-state index in [0.29, 0.717) is 36.1 Å². The molecule has 0 unspecified atom stereocenters. The van der Waals surface area contributed by atoms with E-state index in [9.17, 15) is 13.2 Å². The predicted octanol–water partition coefficient (Wildman–Crippen LogP) is 2.15. The topological polar surface area (TPSA) is 97.3 Å². The Labute approximate surface area is 170 Å². The minimum atomic E-state index is -3.67. The Bertz CT molecular complexity index is 1020. The largest absolute Gasteiger partial charge is 0.486 e. The van der Waals surface area contributed by atoms with Gasteiger partial charge in [-0.25, -0.2) is 13.8 Å². The Balaban J connectivity index is 1.76. The van der Waals surface area contributed by atoms with E-state index in [1.807, 2.05) is 6.07 Å². The van der Waals surface area contributed by atoms with E-state index in [1.165, 1.54) is 6.92 Å². The van der Waals surface area contributed by atoms with Crippen LogP contribution in [-0.2, 0) is 14.8 Å². The lowest BCUT2D eigenvalue weighted by molar-refractivity contribution is -0.121. The van der Waals surface area contributed by atoms with Crippen molar-refractivity contribution in [1.29, 1.82) is 0 Å². The number of anilines is 1. The zero-order valence-electron chi connectivity index (χ0n) is 16.5. The number of carbonyl (C=O) groups excluding carboxylic acids is 1. The second-order valence-electron chi connectivity index (χ2n) is 6.60. The van der Waals surface area contributed by atoms with Gasteiger partial charge in [-0.05, 0) is 44.2 Å². The predicted molar refractivity (Wildman–Crippen MR) is 111 cm³/mol. The summed E-state index contributed by atoms with van der Waals surface area (Å²) in [4.78, 5) is 12.6. The highest BCUT2D eigenvalue weighted by Crippen LogP contribution is 2.30. The van der Waals surface area contributed by atoms with Crippen molar-refractivity contribution in [1.82, 2.24) is 5.43 Å². The lowest BCUT2D eigenvalue weighted by Gasteiger charge is -2.27.